The van der Waals surface area contributed by atoms with Crippen molar-refractivity contribution in [2.75, 3.05) is 4.72 Å². The molecule has 1 aliphatic rings. The lowest BCUT2D eigenvalue weighted by atomic mass is 9.85. The molecule has 31 heavy (non-hydrogen) atoms. The lowest BCUT2D eigenvalue weighted by molar-refractivity contribution is 0.291. The summed E-state index contributed by atoms with van der Waals surface area (Å²) in [6.07, 6.45) is 3.21. The van der Waals surface area contributed by atoms with Crippen LogP contribution in [0.25, 0.3) is 11.1 Å². The summed E-state index contributed by atoms with van der Waals surface area (Å²) in [5, 5.41) is 3.96. The van der Waals surface area contributed by atoms with Crippen molar-refractivity contribution in [3.05, 3.63) is 70.3 Å². The molecular weight excluding hydrogens is 420 g/mol. The molecule has 0 aliphatic heterocycles. The molecule has 0 radical (unpaired) electrons. The topological polar surface area (TPSA) is 120 Å². The first-order valence-corrected chi connectivity index (χ1v) is 11.4. The number of sulfonamides is 1. The van der Waals surface area contributed by atoms with E-state index in [0.717, 1.165) is 24.8 Å². The highest BCUT2D eigenvalue weighted by atomic mass is 32.2. The van der Waals surface area contributed by atoms with Crippen LogP contribution >= 0.6 is 0 Å². The molecule has 0 atom stereocenters. The van der Waals surface area contributed by atoms with Crippen LogP contribution in [0.5, 0.6) is 0 Å². The minimum absolute atomic E-state index is 0.00372. The Bertz CT molecular complexity index is 1430. The van der Waals surface area contributed by atoms with Crippen LogP contribution in [0, 0.1) is 6.92 Å². The van der Waals surface area contributed by atoms with Crippen LogP contribution in [0.2, 0.25) is 0 Å². The predicted molar refractivity (Wildman–Crippen MR) is 112 cm³/mol. The molecule has 1 saturated carbocycles. The van der Waals surface area contributed by atoms with Gasteiger partial charge in [-0.2, -0.15) is 4.98 Å². The summed E-state index contributed by atoms with van der Waals surface area (Å²) >= 11 is 0. The Labute approximate surface area is 177 Å². The lowest BCUT2D eigenvalue weighted by Gasteiger charge is -2.20. The fraction of sp³-hybridized carbons (Fsp3) is 0.286. The molecule has 0 unspecified atom stereocenters. The summed E-state index contributed by atoms with van der Waals surface area (Å²) in [6, 6.07) is 11.4. The second-order valence-corrected chi connectivity index (χ2v) is 9.36. The Morgan fingerprint density at radius 2 is 2.00 bits per heavy atom. The number of nitrogens with one attached hydrogen (secondary N) is 1. The van der Waals surface area contributed by atoms with Gasteiger partial charge in [0.2, 0.25) is 5.89 Å². The molecule has 0 amide bonds. The largest absolute Gasteiger partial charge is 0.420 e. The van der Waals surface area contributed by atoms with Crippen molar-refractivity contribution in [1.29, 1.82) is 0 Å². The third-order valence-electron chi connectivity index (χ3n) is 5.58. The van der Waals surface area contributed by atoms with E-state index < -0.39 is 15.8 Å². The average Bonchev–Trinajstić information content (AvgIpc) is 3.26. The Hall–Kier alpha value is -3.40. The van der Waals surface area contributed by atoms with E-state index in [1.807, 2.05) is 19.1 Å². The summed E-state index contributed by atoms with van der Waals surface area (Å²) in [5.74, 6) is 0.654. The summed E-state index contributed by atoms with van der Waals surface area (Å²) in [5.41, 5.74) is 1.91. The number of oxazole rings is 1. The van der Waals surface area contributed by atoms with Crippen molar-refractivity contribution in [3.8, 4) is 0 Å². The van der Waals surface area contributed by atoms with Crippen molar-refractivity contribution in [2.24, 2.45) is 0 Å². The normalized spacial score (nSPS) is 14.6. The maximum absolute atomic E-state index is 12.8. The van der Waals surface area contributed by atoms with Crippen LogP contribution in [-0.2, 0) is 16.6 Å². The highest BCUT2D eigenvalue weighted by Gasteiger charge is 2.26. The zero-order chi connectivity index (χ0) is 21.6. The number of anilines is 1. The van der Waals surface area contributed by atoms with E-state index >= 15 is 0 Å². The smallest absolute Gasteiger partial charge is 0.408 e. The molecule has 10 heteroatoms. The number of aryl methyl sites for hydroxylation is 1. The molecule has 0 saturated heterocycles. The van der Waals surface area contributed by atoms with Crippen molar-refractivity contribution in [1.82, 2.24) is 14.7 Å². The van der Waals surface area contributed by atoms with Crippen molar-refractivity contribution in [3.63, 3.8) is 0 Å². The van der Waals surface area contributed by atoms with E-state index in [9.17, 15) is 13.2 Å². The number of hydrogen-bond acceptors (Lipinski definition) is 7. The van der Waals surface area contributed by atoms with Gasteiger partial charge >= 0.3 is 5.76 Å². The van der Waals surface area contributed by atoms with E-state index in [2.05, 4.69) is 14.9 Å². The van der Waals surface area contributed by atoms with Gasteiger partial charge in [0.1, 0.15) is 0 Å². The second-order valence-electron chi connectivity index (χ2n) is 7.68. The SMILES string of the molecule is Cc1ccccc1NS(=O)(=O)c1ccc2c(c1)oc(=O)n2Cc1noc(C2CCC2)n1. The van der Waals surface area contributed by atoms with Gasteiger partial charge in [0.25, 0.3) is 10.0 Å². The molecule has 1 fully saturated rings. The first kappa shape index (κ1) is 19.6. The number of fused-ring (bicyclic) bond motifs is 1. The quantitative estimate of drug-likeness (QED) is 0.488. The fourth-order valence-electron chi connectivity index (χ4n) is 3.55. The number of hydrogen-bond donors (Lipinski definition) is 1. The number of para-hydroxylation sites is 1. The van der Waals surface area contributed by atoms with Gasteiger partial charge in [0.15, 0.2) is 11.4 Å². The molecule has 2 aromatic heterocycles. The summed E-state index contributed by atoms with van der Waals surface area (Å²) in [7, 11) is -3.85. The number of rotatable bonds is 6. The molecule has 1 N–H and O–H groups in total. The predicted octanol–water partition coefficient (Wildman–Crippen LogP) is 3.40. The van der Waals surface area contributed by atoms with Gasteiger partial charge < -0.3 is 8.94 Å². The highest BCUT2D eigenvalue weighted by molar-refractivity contribution is 7.92. The monoisotopic (exact) mass is 440 g/mol. The van der Waals surface area contributed by atoms with Crippen molar-refractivity contribution >= 4 is 26.8 Å². The van der Waals surface area contributed by atoms with Crippen molar-refractivity contribution in [2.45, 2.75) is 43.5 Å². The zero-order valence-electron chi connectivity index (χ0n) is 16.7. The fourth-order valence-corrected chi connectivity index (χ4v) is 4.69. The van der Waals surface area contributed by atoms with Crippen LogP contribution in [0.3, 0.4) is 0 Å². The zero-order valence-corrected chi connectivity index (χ0v) is 17.6. The molecule has 9 nitrogen and oxygen atoms in total. The van der Waals surface area contributed by atoms with E-state index in [0.29, 0.717) is 28.8 Å². The molecular formula is C21H20N4O5S. The van der Waals surface area contributed by atoms with Gasteiger partial charge in [0.05, 0.1) is 22.6 Å². The van der Waals surface area contributed by atoms with Gasteiger partial charge in [-0.05, 0) is 43.5 Å². The second kappa shape index (κ2) is 7.38. The first-order valence-electron chi connectivity index (χ1n) is 9.95. The third-order valence-corrected chi connectivity index (χ3v) is 6.94. The lowest BCUT2D eigenvalue weighted by Crippen LogP contribution is -2.16. The Morgan fingerprint density at radius 1 is 1.19 bits per heavy atom. The summed E-state index contributed by atoms with van der Waals surface area (Å²) in [6.45, 7) is 1.89. The van der Waals surface area contributed by atoms with Gasteiger partial charge in [-0.25, -0.2) is 13.2 Å². The van der Waals surface area contributed by atoms with Crippen LogP contribution < -0.4 is 10.5 Å². The van der Waals surface area contributed by atoms with Gasteiger partial charge in [-0.1, -0.05) is 29.8 Å². The minimum atomic E-state index is -3.85. The average molecular weight is 440 g/mol. The molecule has 5 rings (SSSR count). The molecule has 0 spiro atoms. The maximum atomic E-state index is 12.8. The first-order chi connectivity index (χ1) is 14.9. The molecule has 1 aliphatic carbocycles. The Kier molecular flexibility index (Phi) is 4.66. The number of nitrogens with zero attached hydrogens (tertiary/aromatic N) is 3. The standard InChI is InChI=1S/C21H20N4O5S/c1-13-5-2-3-8-16(13)24-31(27,28)15-9-10-17-18(11-15)29-21(26)25(17)12-19-22-20(30-23-19)14-6-4-7-14/h2-3,5,8-11,14,24H,4,6-7,12H2,1H3. The van der Waals surface area contributed by atoms with Crippen LogP contribution in [0.4, 0.5) is 5.69 Å². The van der Waals surface area contributed by atoms with Crippen molar-refractivity contribution < 1.29 is 17.4 Å². The maximum Gasteiger partial charge on any atom is 0.420 e. The van der Waals surface area contributed by atoms with E-state index in [4.69, 9.17) is 8.94 Å². The van der Waals surface area contributed by atoms with Crippen LogP contribution in [0.1, 0.15) is 42.5 Å². The third kappa shape index (κ3) is 3.63. The van der Waals surface area contributed by atoms with E-state index in [1.54, 1.807) is 18.2 Å². The number of aromatic nitrogens is 3. The molecule has 4 aromatic rings. The van der Waals surface area contributed by atoms with E-state index in [1.165, 1.54) is 16.7 Å². The van der Waals surface area contributed by atoms with E-state index in [-0.39, 0.29) is 17.0 Å². The number of benzene rings is 2. The Morgan fingerprint density at radius 3 is 2.74 bits per heavy atom. The van der Waals surface area contributed by atoms with Gasteiger partial charge in [-0.3, -0.25) is 9.29 Å². The molecule has 160 valence electrons. The highest BCUT2D eigenvalue weighted by Crippen LogP contribution is 2.35. The molecule has 2 aromatic carbocycles. The molecule has 0 bridgehead atoms. The molecule has 2 heterocycles. The van der Waals surface area contributed by atoms with Gasteiger partial charge in [0, 0.05) is 12.0 Å². The minimum Gasteiger partial charge on any atom is -0.408 e. The summed E-state index contributed by atoms with van der Waals surface area (Å²) in [4.78, 5) is 16.8. The van der Waals surface area contributed by atoms with Crippen LogP contribution in [-0.4, -0.2) is 23.1 Å². The van der Waals surface area contributed by atoms with Gasteiger partial charge in [-0.15, -0.1) is 0 Å². The Balaban J connectivity index is 1.44. The summed E-state index contributed by atoms with van der Waals surface area (Å²) < 4.78 is 40.1. The van der Waals surface area contributed by atoms with Crippen LogP contribution in [0.15, 0.2) is 61.1 Å².